The smallest absolute Gasteiger partial charge is 0.0844 e. The van der Waals surface area contributed by atoms with Crippen molar-refractivity contribution in [1.82, 2.24) is 0 Å². The van der Waals surface area contributed by atoms with Gasteiger partial charge in [0.05, 0.1) is 12.2 Å². The molecule has 0 radical (unpaired) electrons. The van der Waals surface area contributed by atoms with Crippen LogP contribution in [0.5, 0.6) is 0 Å². The molecule has 0 spiro atoms. The maximum Gasteiger partial charge on any atom is 0.0844 e. The molecule has 0 amide bonds. The highest BCUT2D eigenvalue weighted by Crippen LogP contribution is 2.29. The second kappa shape index (κ2) is 3.91. The quantitative estimate of drug-likeness (QED) is 0.448. The Hall–Kier alpha value is -0.300. The van der Waals surface area contributed by atoms with E-state index in [9.17, 15) is 0 Å². The first-order chi connectivity index (χ1) is 5.27. The molecule has 1 aliphatic rings. The van der Waals surface area contributed by atoms with Crippen molar-refractivity contribution >= 4 is 0 Å². The molecule has 11 heavy (non-hydrogen) atoms. The first kappa shape index (κ1) is 8.79. The van der Waals surface area contributed by atoms with Gasteiger partial charge in [0, 0.05) is 0 Å². The lowest BCUT2D eigenvalue weighted by Crippen LogP contribution is -2.00. The van der Waals surface area contributed by atoms with Crippen LogP contribution in [0.4, 0.5) is 0 Å². The average molecular weight is 154 g/mol. The van der Waals surface area contributed by atoms with E-state index in [4.69, 9.17) is 4.74 Å². The molecule has 0 N–H and O–H groups in total. The fourth-order valence-electron chi connectivity index (χ4n) is 1.43. The van der Waals surface area contributed by atoms with Gasteiger partial charge in [-0.15, -0.1) is 0 Å². The van der Waals surface area contributed by atoms with Gasteiger partial charge in [-0.1, -0.05) is 19.1 Å². The zero-order valence-electron chi connectivity index (χ0n) is 7.71. The molecular weight excluding hydrogens is 136 g/mol. The second-order valence-electron chi connectivity index (χ2n) is 3.31. The molecule has 1 aliphatic heterocycles. The van der Waals surface area contributed by atoms with E-state index in [1.807, 2.05) is 0 Å². The maximum atomic E-state index is 5.36. The summed E-state index contributed by atoms with van der Waals surface area (Å²) >= 11 is 0. The number of hydrogen-bond acceptors (Lipinski definition) is 1. The largest absolute Gasteiger partial charge is 0.370 e. The van der Waals surface area contributed by atoms with Gasteiger partial charge in [-0.05, 0) is 32.6 Å². The Balaban J connectivity index is 2.21. The zero-order chi connectivity index (χ0) is 8.27. The summed E-state index contributed by atoms with van der Waals surface area (Å²) in [4.78, 5) is 0. The molecular formula is C10H18O. The van der Waals surface area contributed by atoms with Crippen molar-refractivity contribution in [3.05, 3.63) is 12.2 Å². The fourth-order valence-corrected chi connectivity index (χ4v) is 1.43. The Morgan fingerprint density at radius 2 is 2.18 bits per heavy atom. The van der Waals surface area contributed by atoms with Gasteiger partial charge in [-0.3, -0.25) is 0 Å². The van der Waals surface area contributed by atoms with Crippen LogP contribution in [0.15, 0.2) is 12.2 Å². The van der Waals surface area contributed by atoms with Crippen LogP contribution in [0.25, 0.3) is 0 Å². The molecule has 0 saturated carbocycles. The minimum Gasteiger partial charge on any atom is -0.370 e. The van der Waals surface area contributed by atoms with Gasteiger partial charge >= 0.3 is 0 Å². The highest BCUT2D eigenvalue weighted by Gasteiger charge is 2.34. The molecule has 0 aliphatic carbocycles. The predicted octanol–water partition coefficient (Wildman–Crippen LogP) is 2.77. The third-order valence-corrected chi connectivity index (χ3v) is 2.36. The van der Waals surface area contributed by atoms with Gasteiger partial charge < -0.3 is 4.74 Å². The van der Waals surface area contributed by atoms with E-state index in [2.05, 4.69) is 32.9 Å². The Bertz CT molecular complexity index is 140. The summed E-state index contributed by atoms with van der Waals surface area (Å²) in [6.45, 7) is 6.46. The van der Waals surface area contributed by atoms with E-state index in [-0.39, 0.29) is 0 Å². The Morgan fingerprint density at radius 1 is 1.55 bits per heavy atom. The highest BCUT2D eigenvalue weighted by molar-refractivity contribution is 4.91. The summed E-state index contributed by atoms with van der Waals surface area (Å²) in [6.07, 6.45) is 7.94. The third-order valence-electron chi connectivity index (χ3n) is 2.36. The minimum atomic E-state index is 0.523. The standard InChI is InChI=1S/C10H18O/c1-4-6-9(5-2)7-10-8(3)11-10/h4,6,8-10H,5,7H2,1-3H3/b6-4+. The SMILES string of the molecule is C/C=C/C(CC)CC1OC1C. The molecule has 3 atom stereocenters. The van der Waals surface area contributed by atoms with Crippen LogP contribution in [-0.4, -0.2) is 12.2 Å². The number of rotatable bonds is 4. The molecule has 0 aromatic carbocycles. The fraction of sp³-hybridized carbons (Fsp3) is 0.800. The summed E-state index contributed by atoms with van der Waals surface area (Å²) in [7, 11) is 0. The van der Waals surface area contributed by atoms with E-state index in [1.54, 1.807) is 0 Å². The normalized spacial score (nSPS) is 32.6. The van der Waals surface area contributed by atoms with Crippen molar-refractivity contribution in [1.29, 1.82) is 0 Å². The summed E-state index contributed by atoms with van der Waals surface area (Å²) < 4.78 is 5.36. The van der Waals surface area contributed by atoms with E-state index in [1.165, 1.54) is 12.8 Å². The molecule has 1 heterocycles. The van der Waals surface area contributed by atoms with Crippen molar-refractivity contribution in [2.45, 2.75) is 45.8 Å². The molecule has 1 rings (SSSR count). The maximum absolute atomic E-state index is 5.36. The monoisotopic (exact) mass is 154 g/mol. The van der Waals surface area contributed by atoms with Crippen molar-refractivity contribution in [2.75, 3.05) is 0 Å². The first-order valence-corrected chi connectivity index (χ1v) is 4.56. The van der Waals surface area contributed by atoms with E-state index < -0.39 is 0 Å². The lowest BCUT2D eigenvalue weighted by atomic mass is 9.99. The van der Waals surface area contributed by atoms with Crippen LogP contribution in [0.1, 0.15) is 33.6 Å². The van der Waals surface area contributed by atoms with Crippen LogP contribution in [0.2, 0.25) is 0 Å². The van der Waals surface area contributed by atoms with Gasteiger partial charge in [0.15, 0.2) is 0 Å². The highest BCUT2D eigenvalue weighted by atomic mass is 16.6. The van der Waals surface area contributed by atoms with Crippen molar-refractivity contribution in [2.24, 2.45) is 5.92 Å². The molecule has 1 heteroatoms. The van der Waals surface area contributed by atoms with E-state index >= 15 is 0 Å². The topological polar surface area (TPSA) is 12.5 Å². The summed E-state index contributed by atoms with van der Waals surface area (Å²) in [6, 6.07) is 0. The average Bonchev–Trinajstić information content (AvgIpc) is 2.66. The molecule has 0 aromatic heterocycles. The van der Waals surface area contributed by atoms with Crippen LogP contribution in [0.3, 0.4) is 0 Å². The molecule has 0 aromatic rings. The molecule has 64 valence electrons. The molecule has 1 saturated heterocycles. The van der Waals surface area contributed by atoms with Crippen LogP contribution >= 0.6 is 0 Å². The van der Waals surface area contributed by atoms with Gasteiger partial charge in [0.2, 0.25) is 0 Å². The number of epoxide rings is 1. The molecule has 3 unspecified atom stereocenters. The van der Waals surface area contributed by atoms with Crippen molar-refractivity contribution in [3.63, 3.8) is 0 Å². The van der Waals surface area contributed by atoms with Gasteiger partial charge in [-0.2, -0.15) is 0 Å². The Labute approximate surface area is 69.4 Å². The third kappa shape index (κ3) is 2.66. The number of hydrogen-bond donors (Lipinski definition) is 0. The summed E-state index contributed by atoms with van der Waals surface area (Å²) in [5, 5.41) is 0. The van der Waals surface area contributed by atoms with Crippen molar-refractivity contribution in [3.8, 4) is 0 Å². The van der Waals surface area contributed by atoms with Crippen LogP contribution < -0.4 is 0 Å². The Morgan fingerprint density at radius 3 is 2.55 bits per heavy atom. The lowest BCUT2D eigenvalue weighted by Gasteiger charge is -2.06. The Kier molecular flexibility index (Phi) is 3.13. The first-order valence-electron chi connectivity index (χ1n) is 4.56. The van der Waals surface area contributed by atoms with Gasteiger partial charge in [0.25, 0.3) is 0 Å². The second-order valence-corrected chi connectivity index (χ2v) is 3.31. The van der Waals surface area contributed by atoms with E-state index in [0.717, 1.165) is 5.92 Å². The lowest BCUT2D eigenvalue weighted by molar-refractivity contribution is 0.352. The number of ether oxygens (including phenoxy) is 1. The minimum absolute atomic E-state index is 0.523. The van der Waals surface area contributed by atoms with Gasteiger partial charge in [-0.25, -0.2) is 0 Å². The van der Waals surface area contributed by atoms with E-state index in [0.29, 0.717) is 12.2 Å². The predicted molar refractivity (Wildman–Crippen MR) is 47.5 cm³/mol. The molecule has 1 nitrogen and oxygen atoms in total. The van der Waals surface area contributed by atoms with Crippen LogP contribution in [0, 0.1) is 5.92 Å². The zero-order valence-corrected chi connectivity index (χ0v) is 7.71. The van der Waals surface area contributed by atoms with Gasteiger partial charge in [0.1, 0.15) is 0 Å². The summed E-state index contributed by atoms with van der Waals surface area (Å²) in [5.74, 6) is 0.731. The molecule has 1 fully saturated rings. The number of allylic oxidation sites excluding steroid dienone is 2. The van der Waals surface area contributed by atoms with Crippen molar-refractivity contribution < 1.29 is 4.74 Å². The summed E-state index contributed by atoms with van der Waals surface area (Å²) in [5.41, 5.74) is 0. The molecule has 0 bridgehead atoms. The van der Waals surface area contributed by atoms with Crippen LogP contribution in [-0.2, 0) is 4.74 Å².